The van der Waals surface area contributed by atoms with Crippen molar-refractivity contribution in [3.63, 3.8) is 0 Å². The number of likely N-dealkylation sites (tertiary alicyclic amines) is 1. The molecule has 124 valence electrons. The fourth-order valence-corrected chi connectivity index (χ4v) is 3.39. The van der Waals surface area contributed by atoms with Crippen molar-refractivity contribution in [2.75, 3.05) is 20.1 Å². The van der Waals surface area contributed by atoms with Gasteiger partial charge in [0, 0.05) is 31.9 Å². The molecule has 1 aromatic heterocycles. The number of hydrogen-bond acceptors (Lipinski definition) is 3. The molecule has 2 unspecified atom stereocenters. The fraction of sp³-hybridized carbons (Fsp3) is 0.765. The summed E-state index contributed by atoms with van der Waals surface area (Å²) < 4.78 is 1.74. The van der Waals surface area contributed by atoms with Crippen LogP contribution in [-0.4, -0.2) is 40.7 Å². The summed E-state index contributed by atoms with van der Waals surface area (Å²) in [5, 5.41) is 7.33. The van der Waals surface area contributed by atoms with Crippen LogP contribution in [0.3, 0.4) is 0 Å². The highest BCUT2D eigenvalue weighted by Crippen LogP contribution is 2.34. The number of nitrogens with one attached hydrogen (secondary N) is 1. The van der Waals surface area contributed by atoms with Crippen LogP contribution in [0.5, 0.6) is 0 Å². The van der Waals surface area contributed by atoms with Gasteiger partial charge in [-0.25, -0.2) is 0 Å². The molecule has 5 heteroatoms. The Labute approximate surface area is 134 Å². The minimum absolute atomic E-state index is 0.171. The van der Waals surface area contributed by atoms with E-state index in [4.69, 9.17) is 0 Å². The van der Waals surface area contributed by atoms with Gasteiger partial charge in [-0.3, -0.25) is 9.48 Å². The SMILES string of the molecule is CNC(C(=O)N1CCCC(C(C)(C)C)CC1)c1cnn(C)c1. The van der Waals surface area contributed by atoms with Gasteiger partial charge in [0.05, 0.1) is 6.20 Å². The summed E-state index contributed by atoms with van der Waals surface area (Å²) in [6, 6.07) is -0.292. The maximum atomic E-state index is 12.9. The van der Waals surface area contributed by atoms with E-state index in [0.717, 1.165) is 31.5 Å². The van der Waals surface area contributed by atoms with E-state index < -0.39 is 0 Å². The maximum Gasteiger partial charge on any atom is 0.244 e. The summed E-state index contributed by atoms with van der Waals surface area (Å²) in [7, 11) is 3.71. The molecule has 1 saturated heterocycles. The van der Waals surface area contributed by atoms with Gasteiger partial charge >= 0.3 is 0 Å². The monoisotopic (exact) mass is 306 g/mol. The first-order valence-electron chi connectivity index (χ1n) is 8.27. The van der Waals surface area contributed by atoms with E-state index in [1.165, 1.54) is 6.42 Å². The molecule has 0 aromatic carbocycles. The summed E-state index contributed by atoms with van der Waals surface area (Å²) in [4.78, 5) is 14.9. The Morgan fingerprint density at radius 2 is 2.09 bits per heavy atom. The molecule has 1 aliphatic heterocycles. The van der Waals surface area contributed by atoms with Crippen LogP contribution < -0.4 is 5.32 Å². The van der Waals surface area contributed by atoms with Crippen molar-refractivity contribution in [3.8, 4) is 0 Å². The van der Waals surface area contributed by atoms with Crippen molar-refractivity contribution in [1.29, 1.82) is 0 Å². The first kappa shape index (κ1) is 17.0. The number of carbonyl (C=O) groups excluding carboxylic acids is 1. The third-order valence-corrected chi connectivity index (χ3v) is 4.86. The molecule has 2 heterocycles. The molecule has 2 atom stereocenters. The molecule has 0 aliphatic carbocycles. The Hall–Kier alpha value is -1.36. The number of carbonyl (C=O) groups is 1. The highest BCUT2D eigenvalue weighted by atomic mass is 16.2. The molecule has 1 amide bonds. The summed E-state index contributed by atoms with van der Waals surface area (Å²) in [5.41, 5.74) is 1.26. The van der Waals surface area contributed by atoms with E-state index >= 15 is 0 Å². The molecule has 2 rings (SSSR count). The first-order chi connectivity index (χ1) is 10.3. The number of aromatic nitrogens is 2. The zero-order chi connectivity index (χ0) is 16.3. The van der Waals surface area contributed by atoms with Crippen LogP contribution >= 0.6 is 0 Å². The number of rotatable bonds is 3. The van der Waals surface area contributed by atoms with Crippen LogP contribution in [0.25, 0.3) is 0 Å². The summed E-state index contributed by atoms with van der Waals surface area (Å²) >= 11 is 0. The molecule has 1 N–H and O–H groups in total. The molecule has 1 aliphatic rings. The molecular weight excluding hydrogens is 276 g/mol. The number of nitrogens with zero attached hydrogens (tertiary/aromatic N) is 3. The molecule has 22 heavy (non-hydrogen) atoms. The second-order valence-corrected chi connectivity index (χ2v) is 7.49. The van der Waals surface area contributed by atoms with E-state index in [2.05, 4.69) is 31.2 Å². The van der Waals surface area contributed by atoms with Gasteiger partial charge in [0.15, 0.2) is 0 Å². The Morgan fingerprint density at radius 3 is 2.64 bits per heavy atom. The van der Waals surface area contributed by atoms with E-state index in [1.807, 2.05) is 25.2 Å². The van der Waals surface area contributed by atoms with Crippen LogP contribution in [0.1, 0.15) is 51.6 Å². The van der Waals surface area contributed by atoms with Gasteiger partial charge in [0.2, 0.25) is 5.91 Å². The number of amides is 1. The average molecular weight is 306 g/mol. The summed E-state index contributed by atoms with van der Waals surface area (Å²) in [6.45, 7) is 8.65. The third kappa shape index (κ3) is 3.88. The molecular formula is C17H30N4O. The second kappa shape index (κ2) is 6.82. The Morgan fingerprint density at radius 1 is 1.36 bits per heavy atom. The zero-order valence-corrected chi connectivity index (χ0v) is 14.6. The van der Waals surface area contributed by atoms with Crippen molar-refractivity contribution in [1.82, 2.24) is 20.0 Å². The largest absolute Gasteiger partial charge is 0.341 e. The molecule has 0 radical (unpaired) electrons. The van der Waals surface area contributed by atoms with Crippen LogP contribution in [0, 0.1) is 11.3 Å². The third-order valence-electron chi connectivity index (χ3n) is 4.86. The van der Waals surface area contributed by atoms with Crippen LogP contribution in [-0.2, 0) is 11.8 Å². The Balaban J connectivity index is 2.05. The van der Waals surface area contributed by atoms with Gasteiger partial charge in [0.1, 0.15) is 6.04 Å². The quantitative estimate of drug-likeness (QED) is 0.932. The minimum Gasteiger partial charge on any atom is -0.341 e. The fourth-order valence-electron chi connectivity index (χ4n) is 3.39. The van der Waals surface area contributed by atoms with Gasteiger partial charge in [0.25, 0.3) is 0 Å². The standard InChI is InChI=1S/C17H30N4O/c1-17(2,3)14-7-6-9-21(10-8-14)16(22)15(18-4)13-11-19-20(5)12-13/h11-12,14-15,18H,6-10H2,1-5H3. The predicted molar refractivity (Wildman–Crippen MR) is 88.4 cm³/mol. The lowest BCUT2D eigenvalue weighted by atomic mass is 9.77. The maximum absolute atomic E-state index is 12.9. The van der Waals surface area contributed by atoms with Gasteiger partial charge in [-0.05, 0) is 37.6 Å². The number of likely N-dealkylation sites (N-methyl/N-ethyl adjacent to an activating group) is 1. The van der Waals surface area contributed by atoms with Crippen molar-refractivity contribution < 1.29 is 4.79 Å². The van der Waals surface area contributed by atoms with Crippen LogP contribution in [0.2, 0.25) is 0 Å². The minimum atomic E-state index is -0.292. The summed E-state index contributed by atoms with van der Waals surface area (Å²) in [6.07, 6.45) is 7.09. The Kier molecular flexibility index (Phi) is 5.27. The number of hydrogen-bond donors (Lipinski definition) is 1. The molecule has 0 bridgehead atoms. The van der Waals surface area contributed by atoms with Crippen LogP contribution in [0.15, 0.2) is 12.4 Å². The van der Waals surface area contributed by atoms with Gasteiger partial charge < -0.3 is 10.2 Å². The van der Waals surface area contributed by atoms with Gasteiger partial charge in [-0.2, -0.15) is 5.10 Å². The Bertz CT molecular complexity index is 503. The lowest BCUT2D eigenvalue weighted by Gasteiger charge is -2.30. The summed E-state index contributed by atoms with van der Waals surface area (Å²) in [5.74, 6) is 0.863. The van der Waals surface area contributed by atoms with Crippen molar-refractivity contribution >= 4 is 5.91 Å². The smallest absolute Gasteiger partial charge is 0.244 e. The topological polar surface area (TPSA) is 50.2 Å². The van der Waals surface area contributed by atoms with Gasteiger partial charge in [-0.15, -0.1) is 0 Å². The van der Waals surface area contributed by atoms with E-state index in [0.29, 0.717) is 11.3 Å². The average Bonchev–Trinajstić information content (AvgIpc) is 2.73. The van der Waals surface area contributed by atoms with E-state index in [-0.39, 0.29) is 11.9 Å². The molecule has 0 spiro atoms. The van der Waals surface area contributed by atoms with Crippen molar-refractivity contribution in [2.45, 2.75) is 46.1 Å². The molecule has 1 fully saturated rings. The molecule has 0 saturated carbocycles. The lowest BCUT2D eigenvalue weighted by molar-refractivity contribution is -0.133. The van der Waals surface area contributed by atoms with Gasteiger partial charge in [-0.1, -0.05) is 20.8 Å². The van der Waals surface area contributed by atoms with Crippen molar-refractivity contribution in [3.05, 3.63) is 18.0 Å². The normalized spacial score (nSPS) is 21.5. The first-order valence-corrected chi connectivity index (χ1v) is 8.27. The van der Waals surface area contributed by atoms with E-state index in [1.54, 1.807) is 10.9 Å². The number of aryl methyl sites for hydroxylation is 1. The highest BCUT2D eigenvalue weighted by Gasteiger charge is 2.31. The molecule has 1 aromatic rings. The van der Waals surface area contributed by atoms with Crippen molar-refractivity contribution in [2.24, 2.45) is 18.4 Å². The zero-order valence-electron chi connectivity index (χ0n) is 14.6. The highest BCUT2D eigenvalue weighted by molar-refractivity contribution is 5.83. The lowest BCUT2D eigenvalue weighted by Crippen LogP contribution is -2.40. The second-order valence-electron chi connectivity index (χ2n) is 7.49. The van der Waals surface area contributed by atoms with E-state index in [9.17, 15) is 4.79 Å². The van der Waals surface area contributed by atoms with Crippen LogP contribution in [0.4, 0.5) is 0 Å². The molecule has 5 nitrogen and oxygen atoms in total. The predicted octanol–water partition coefficient (Wildman–Crippen LogP) is 2.36.